The highest BCUT2D eigenvalue weighted by molar-refractivity contribution is 5.75. The number of hydrogen-bond acceptors (Lipinski definition) is 0. The minimum Gasteiger partial charge on any atom is -0.0984 e. The maximum atomic E-state index is 3.89. The van der Waals surface area contributed by atoms with E-state index in [0.29, 0.717) is 0 Å². The van der Waals surface area contributed by atoms with Gasteiger partial charge in [-0.2, -0.15) is 0 Å². The molecule has 0 N–H and O–H groups in total. The smallest absolute Gasteiger partial charge is 0.0184 e. The SMILES string of the molecule is C=Cc1cc(CC)ccc1C=Cc1ccccc1. The van der Waals surface area contributed by atoms with E-state index >= 15 is 0 Å². The van der Waals surface area contributed by atoms with Crippen LogP contribution in [0, 0.1) is 0 Å². The fourth-order valence-electron chi connectivity index (χ4n) is 1.92. The van der Waals surface area contributed by atoms with Gasteiger partial charge in [-0.1, -0.05) is 80.3 Å². The summed E-state index contributed by atoms with van der Waals surface area (Å²) in [5.74, 6) is 0. The lowest BCUT2D eigenvalue weighted by Crippen LogP contribution is -1.85. The summed E-state index contributed by atoms with van der Waals surface area (Å²) in [6, 6.07) is 16.9. The first-order valence-electron chi connectivity index (χ1n) is 6.32. The molecule has 0 nitrogen and oxygen atoms in total. The molecular weight excluding hydrogens is 216 g/mol. The van der Waals surface area contributed by atoms with Crippen LogP contribution in [-0.2, 0) is 6.42 Å². The van der Waals surface area contributed by atoms with E-state index in [-0.39, 0.29) is 0 Å². The van der Waals surface area contributed by atoms with E-state index in [1.807, 2.05) is 24.3 Å². The lowest BCUT2D eigenvalue weighted by molar-refractivity contribution is 1.14. The van der Waals surface area contributed by atoms with Crippen molar-refractivity contribution in [3.05, 3.63) is 77.4 Å². The van der Waals surface area contributed by atoms with Gasteiger partial charge in [0.2, 0.25) is 0 Å². The van der Waals surface area contributed by atoms with E-state index in [9.17, 15) is 0 Å². The van der Waals surface area contributed by atoms with E-state index in [0.717, 1.165) is 6.42 Å². The molecule has 0 aromatic heterocycles. The van der Waals surface area contributed by atoms with Crippen molar-refractivity contribution in [2.45, 2.75) is 13.3 Å². The maximum absolute atomic E-state index is 3.89. The third-order valence-electron chi connectivity index (χ3n) is 3.03. The quantitative estimate of drug-likeness (QED) is 0.648. The van der Waals surface area contributed by atoms with Crippen LogP contribution in [0.1, 0.15) is 29.2 Å². The second-order valence-corrected chi connectivity index (χ2v) is 4.26. The molecule has 0 radical (unpaired) electrons. The van der Waals surface area contributed by atoms with Gasteiger partial charge in [-0.15, -0.1) is 0 Å². The minimum absolute atomic E-state index is 1.06. The Morgan fingerprint density at radius 1 is 0.944 bits per heavy atom. The molecule has 0 unspecified atom stereocenters. The Balaban J connectivity index is 2.29. The highest BCUT2D eigenvalue weighted by Gasteiger charge is 1.97. The van der Waals surface area contributed by atoms with Crippen LogP contribution in [0.2, 0.25) is 0 Å². The molecule has 0 bridgehead atoms. The zero-order valence-corrected chi connectivity index (χ0v) is 10.8. The summed E-state index contributed by atoms with van der Waals surface area (Å²) in [4.78, 5) is 0. The lowest BCUT2D eigenvalue weighted by atomic mass is 10.0. The first-order valence-corrected chi connectivity index (χ1v) is 6.32. The van der Waals surface area contributed by atoms with Gasteiger partial charge in [0.25, 0.3) is 0 Å². The van der Waals surface area contributed by atoms with Gasteiger partial charge in [-0.25, -0.2) is 0 Å². The second-order valence-electron chi connectivity index (χ2n) is 4.26. The zero-order valence-electron chi connectivity index (χ0n) is 10.8. The van der Waals surface area contributed by atoms with Crippen LogP contribution in [0.4, 0.5) is 0 Å². The van der Waals surface area contributed by atoms with Gasteiger partial charge in [0.05, 0.1) is 0 Å². The van der Waals surface area contributed by atoms with Crippen LogP contribution in [-0.4, -0.2) is 0 Å². The van der Waals surface area contributed by atoms with Gasteiger partial charge >= 0.3 is 0 Å². The molecule has 0 fully saturated rings. The van der Waals surface area contributed by atoms with Crippen molar-refractivity contribution < 1.29 is 0 Å². The topological polar surface area (TPSA) is 0 Å². The highest BCUT2D eigenvalue weighted by atomic mass is 14.0. The van der Waals surface area contributed by atoms with Crippen LogP contribution in [0.25, 0.3) is 18.2 Å². The summed E-state index contributed by atoms with van der Waals surface area (Å²) < 4.78 is 0. The summed E-state index contributed by atoms with van der Waals surface area (Å²) in [6.07, 6.45) is 7.26. The van der Waals surface area contributed by atoms with E-state index in [4.69, 9.17) is 0 Å². The molecule has 0 saturated carbocycles. The maximum Gasteiger partial charge on any atom is -0.0184 e. The normalized spacial score (nSPS) is 10.7. The number of aryl methyl sites for hydroxylation is 1. The lowest BCUT2D eigenvalue weighted by Gasteiger charge is -2.04. The largest absolute Gasteiger partial charge is 0.0984 e. The Morgan fingerprint density at radius 2 is 1.72 bits per heavy atom. The van der Waals surface area contributed by atoms with Crippen LogP contribution < -0.4 is 0 Å². The number of hydrogen-bond donors (Lipinski definition) is 0. The minimum atomic E-state index is 1.06. The molecule has 0 aliphatic carbocycles. The Labute approximate surface area is 109 Å². The van der Waals surface area contributed by atoms with Crippen molar-refractivity contribution in [1.29, 1.82) is 0 Å². The Hall–Kier alpha value is -2.08. The van der Waals surface area contributed by atoms with Gasteiger partial charge in [0.1, 0.15) is 0 Å². The van der Waals surface area contributed by atoms with Gasteiger partial charge < -0.3 is 0 Å². The molecule has 0 heteroatoms. The summed E-state index contributed by atoms with van der Waals surface area (Å²) in [7, 11) is 0. The molecule has 0 amide bonds. The fourth-order valence-corrected chi connectivity index (χ4v) is 1.92. The third kappa shape index (κ3) is 2.98. The van der Waals surface area contributed by atoms with Gasteiger partial charge in [0, 0.05) is 0 Å². The Morgan fingerprint density at radius 3 is 2.39 bits per heavy atom. The summed E-state index contributed by atoms with van der Waals surface area (Å²) >= 11 is 0. The highest BCUT2D eigenvalue weighted by Crippen LogP contribution is 2.17. The first-order chi connectivity index (χ1) is 8.83. The Bertz CT molecular complexity index is 548. The Kier molecular flexibility index (Phi) is 4.14. The van der Waals surface area contributed by atoms with E-state index in [1.165, 1.54) is 22.3 Å². The molecule has 0 spiro atoms. The predicted molar refractivity (Wildman–Crippen MR) is 81.3 cm³/mol. The molecule has 2 aromatic rings. The van der Waals surface area contributed by atoms with Crippen molar-refractivity contribution in [3.8, 4) is 0 Å². The molecule has 90 valence electrons. The third-order valence-corrected chi connectivity index (χ3v) is 3.03. The molecule has 2 aromatic carbocycles. The summed E-state index contributed by atoms with van der Waals surface area (Å²) in [6.45, 7) is 6.06. The van der Waals surface area contributed by atoms with E-state index < -0.39 is 0 Å². The van der Waals surface area contributed by atoms with Crippen LogP contribution in [0.15, 0.2) is 55.1 Å². The van der Waals surface area contributed by atoms with Crippen LogP contribution in [0.3, 0.4) is 0 Å². The van der Waals surface area contributed by atoms with E-state index in [1.54, 1.807) is 0 Å². The monoisotopic (exact) mass is 234 g/mol. The molecule has 0 atom stereocenters. The molecule has 0 saturated heterocycles. The zero-order chi connectivity index (χ0) is 12.8. The summed E-state index contributed by atoms with van der Waals surface area (Å²) in [5, 5.41) is 0. The first kappa shape index (κ1) is 12.4. The summed E-state index contributed by atoms with van der Waals surface area (Å²) in [5.41, 5.74) is 4.97. The van der Waals surface area contributed by atoms with Gasteiger partial charge in [-0.05, 0) is 28.7 Å². The van der Waals surface area contributed by atoms with Crippen molar-refractivity contribution in [2.24, 2.45) is 0 Å². The fraction of sp³-hybridized carbons (Fsp3) is 0.111. The molecule has 0 heterocycles. The van der Waals surface area contributed by atoms with Crippen LogP contribution >= 0.6 is 0 Å². The van der Waals surface area contributed by atoms with Crippen molar-refractivity contribution in [2.75, 3.05) is 0 Å². The van der Waals surface area contributed by atoms with Gasteiger partial charge in [-0.3, -0.25) is 0 Å². The van der Waals surface area contributed by atoms with Crippen LogP contribution in [0.5, 0.6) is 0 Å². The predicted octanol–water partition coefficient (Wildman–Crippen LogP) is 5.06. The average Bonchev–Trinajstić information content (AvgIpc) is 2.46. The number of benzene rings is 2. The molecule has 0 aliphatic rings. The second kappa shape index (κ2) is 6.02. The molecule has 2 rings (SSSR count). The van der Waals surface area contributed by atoms with E-state index in [2.05, 4.69) is 56.0 Å². The average molecular weight is 234 g/mol. The van der Waals surface area contributed by atoms with Crippen molar-refractivity contribution in [3.63, 3.8) is 0 Å². The molecule has 18 heavy (non-hydrogen) atoms. The van der Waals surface area contributed by atoms with Gasteiger partial charge in [0.15, 0.2) is 0 Å². The molecular formula is C18H18. The van der Waals surface area contributed by atoms with Crippen molar-refractivity contribution in [1.82, 2.24) is 0 Å². The van der Waals surface area contributed by atoms with Crippen molar-refractivity contribution >= 4 is 18.2 Å². The molecule has 0 aliphatic heterocycles. The standard InChI is InChI=1S/C18H18/c1-3-15-10-12-18(17(4-2)14-15)13-11-16-8-6-5-7-9-16/h4-14H,2-3H2,1H3. The number of rotatable bonds is 4.